The summed E-state index contributed by atoms with van der Waals surface area (Å²) >= 11 is 1.61. The molecule has 2 heterocycles. The Labute approximate surface area is 111 Å². The molecule has 98 valence electrons. The van der Waals surface area contributed by atoms with Gasteiger partial charge in [-0.2, -0.15) is 0 Å². The molecule has 5 nitrogen and oxygen atoms in total. The number of hydrogen-bond acceptors (Lipinski definition) is 5. The van der Waals surface area contributed by atoms with Gasteiger partial charge < -0.3 is 10.4 Å². The van der Waals surface area contributed by atoms with Crippen molar-refractivity contribution in [3.8, 4) is 0 Å². The van der Waals surface area contributed by atoms with Gasteiger partial charge in [-0.3, -0.25) is 4.40 Å². The third kappa shape index (κ3) is 3.22. The van der Waals surface area contributed by atoms with Crippen molar-refractivity contribution in [1.29, 1.82) is 0 Å². The van der Waals surface area contributed by atoms with Crippen molar-refractivity contribution in [2.75, 3.05) is 18.9 Å². The Kier molecular flexibility index (Phi) is 4.98. The van der Waals surface area contributed by atoms with Gasteiger partial charge >= 0.3 is 0 Å². The minimum Gasteiger partial charge on any atom is -0.395 e. The van der Waals surface area contributed by atoms with Crippen molar-refractivity contribution in [2.45, 2.75) is 24.5 Å². The summed E-state index contributed by atoms with van der Waals surface area (Å²) in [6.07, 6.45) is 3.01. The zero-order valence-corrected chi connectivity index (χ0v) is 11.2. The first-order chi connectivity index (χ1) is 8.85. The monoisotopic (exact) mass is 266 g/mol. The second kappa shape index (κ2) is 6.72. The molecule has 0 saturated heterocycles. The van der Waals surface area contributed by atoms with Gasteiger partial charge in [0, 0.05) is 18.0 Å². The summed E-state index contributed by atoms with van der Waals surface area (Å²) in [6.45, 7) is 3.18. The average molecular weight is 266 g/mol. The molecule has 18 heavy (non-hydrogen) atoms. The first-order valence-corrected chi connectivity index (χ1v) is 7.10. The number of aliphatic hydroxyl groups is 1. The fourth-order valence-electron chi connectivity index (χ4n) is 1.62. The van der Waals surface area contributed by atoms with E-state index in [1.165, 1.54) is 0 Å². The minimum atomic E-state index is 0.103. The first kappa shape index (κ1) is 13.3. The van der Waals surface area contributed by atoms with E-state index in [0.29, 0.717) is 0 Å². The Morgan fingerprint density at radius 3 is 3.11 bits per heavy atom. The largest absolute Gasteiger partial charge is 0.395 e. The third-order valence-corrected chi connectivity index (χ3v) is 3.71. The predicted molar refractivity (Wildman–Crippen MR) is 72.9 cm³/mol. The van der Waals surface area contributed by atoms with Crippen LogP contribution in [0.4, 0.5) is 0 Å². The summed E-state index contributed by atoms with van der Waals surface area (Å²) in [5.41, 5.74) is 0.849. The number of aromatic nitrogens is 3. The number of rotatable bonds is 7. The van der Waals surface area contributed by atoms with Crippen molar-refractivity contribution in [3.05, 3.63) is 24.4 Å². The topological polar surface area (TPSA) is 62.5 Å². The molecule has 0 spiro atoms. The van der Waals surface area contributed by atoms with Crippen molar-refractivity contribution < 1.29 is 5.11 Å². The van der Waals surface area contributed by atoms with Gasteiger partial charge in [0.2, 0.25) is 0 Å². The van der Waals surface area contributed by atoms with E-state index in [1.54, 1.807) is 11.8 Å². The zero-order valence-electron chi connectivity index (χ0n) is 10.4. The standard InChI is InChI=1S/C12H18N4OS/c1-2-6-13-10(8-17)9-18-12-15-14-11-5-3-4-7-16(11)12/h3-5,7,10,13,17H,2,6,8-9H2,1H3. The van der Waals surface area contributed by atoms with Gasteiger partial charge in [-0.15, -0.1) is 10.2 Å². The molecule has 2 N–H and O–H groups in total. The highest BCUT2D eigenvalue weighted by Gasteiger charge is 2.10. The number of fused-ring (bicyclic) bond motifs is 1. The molecule has 0 aliphatic heterocycles. The molecule has 0 aromatic carbocycles. The summed E-state index contributed by atoms with van der Waals surface area (Å²) in [4.78, 5) is 0. The molecular weight excluding hydrogens is 248 g/mol. The number of nitrogens with one attached hydrogen (secondary N) is 1. The molecule has 2 aromatic rings. The lowest BCUT2D eigenvalue weighted by Gasteiger charge is -2.14. The fourth-order valence-corrected chi connectivity index (χ4v) is 2.58. The molecule has 0 aliphatic rings. The molecule has 1 atom stereocenters. The molecule has 0 saturated carbocycles. The quantitative estimate of drug-likeness (QED) is 0.737. The highest BCUT2D eigenvalue weighted by molar-refractivity contribution is 7.99. The van der Waals surface area contributed by atoms with Gasteiger partial charge in [-0.05, 0) is 25.1 Å². The predicted octanol–water partition coefficient (Wildman–Crippen LogP) is 1.18. The van der Waals surface area contributed by atoms with Crippen molar-refractivity contribution >= 4 is 17.4 Å². The van der Waals surface area contributed by atoms with Gasteiger partial charge in [0.05, 0.1) is 6.61 Å². The highest BCUT2D eigenvalue weighted by atomic mass is 32.2. The van der Waals surface area contributed by atoms with Crippen LogP contribution in [0.5, 0.6) is 0 Å². The summed E-state index contributed by atoms with van der Waals surface area (Å²) in [5, 5.41) is 21.7. The molecule has 0 fully saturated rings. The Balaban J connectivity index is 1.96. The van der Waals surface area contributed by atoms with Crippen molar-refractivity contribution in [2.24, 2.45) is 0 Å². The SMILES string of the molecule is CCCNC(CO)CSc1nnc2ccccn12. The van der Waals surface area contributed by atoms with Crippen LogP contribution in [0.1, 0.15) is 13.3 Å². The number of nitrogens with zero attached hydrogens (tertiary/aromatic N) is 3. The normalized spacial score (nSPS) is 13.0. The smallest absolute Gasteiger partial charge is 0.195 e. The van der Waals surface area contributed by atoms with E-state index in [4.69, 9.17) is 0 Å². The van der Waals surface area contributed by atoms with E-state index in [2.05, 4.69) is 22.4 Å². The second-order valence-electron chi connectivity index (χ2n) is 4.06. The highest BCUT2D eigenvalue weighted by Crippen LogP contribution is 2.17. The van der Waals surface area contributed by atoms with E-state index in [9.17, 15) is 5.11 Å². The first-order valence-electron chi connectivity index (χ1n) is 6.12. The molecule has 0 aliphatic carbocycles. The summed E-state index contributed by atoms with van der Waals surface area (Å²) in [5.74, 6) is 0.784. The molecule has 6 heteroatoms. The van der Waals surface area contributed by atoms with E-state index >= 15 is 0 Å². The van der Waals surface area contributed by atoms with Gasteiger partial charge in [0.15, 0.2) is 10.8 Å². The van der Waals surface area contributed by atoms with Gasteiger partial charge in [0.25, 0.3) is 0 Å². The van der Waals surface area contributed by atoms with Crippen LogP contribution >= 0.6 is 11.8 Å². The molecule has 1 unspecified atom stereocenters. The second-order valence-corrected chi connectivity index (χ2v) is 5.04. The van der Waals surface area contributed by atoms with Crippen LogP contribution < -0.4 is 5.32 Å². The number of pyridine rings is 1. The van der Waals surface area contributed by atoms with Crippen LogP contribution in [0.2, 0.25) is 0 Å². The van der Waals surface area contributed by atoms with Crippen LogP contribution in [0.25, 0.3) is 5.65 Å². The van der Waals surface area contributed by atoms with Crippen LogP contribution in [0.15, 0.2) is 29.6 Å². The summed E-state index contributed by atoms with van der Waals surface area (Å²) in [7, 11) is 0. The van der Waals surface area contributed by atoms with Crippen LogP contribution in [-0.4, -0.2) is 44.7 Å². The Morgan fingerprint density at radius 2 is 2.33 bits per heavy atom. The zero-order chi connectivity index (χ0) is 12.8. The van der Waals surface area contributed by atoms with E-state index in [1.807, 2.05) is 28.8 Å². The fraction of sp³-hybridized carbons (Fsp3) is 0.500. The van der Waals surface area contributed by atoms with Crippen LogP contribution in [0.3, 0.4) is 0 Å². The van der Waals surface area contributed by atoms with Crippen molar-refractivity contribution in [1.82, 2.24) is 19.9 Å². The van der Waals surface area contributed by atoms with E-state index in [-0.39, 0.29) is 12.6 Å². The van der Waals surface area contributed by atoms with Crippen LogP contribution in [0, 0.1) is 0 Å². The number of aliphatic hydroxyl groups excluding tert-OH is 1. The Morgan fingerprint density at radius 1 is 1.44 bits per heavy atom. The lowest BCUT2D eigenvalue weighted by Crippen LogP contribution is -2.35. The van der Waals surface area contributed by atoms with E-state index < -0.39 is 0 Å². The van der Waals surface area contributed by atoms with Crippen molar-refractivity contribution in [3.63, 3.8) is 0 Å². The number of thioether (sulfide) groups is 1. The Hall–Kier alpha value is -1.11. The number of hydrogen-bond donors (Lipinski definition) is 2. The third-order valence-electron chi connectivity index (χ3n) is 2.60. The lowest BCUT2D eigenvalue weighted by molar-refractivity contribution is 0.254. The Bertz CT molecular complexity index is 488. The maximum absolute atomic E-state index is 9.28. The lowest BCUT2D eigenvalue weighted by atomic mass is 10.3. The molecule has 0 amide bonds. The summed E-state index contributed by atoms with van der Waals surface area (Å²) in [6, 6.07) is 5.93. The summed E-state index contributed by atoms with van der Waals surface area (Å²) < 4.78 is 1.96. The minimum absolute atomic E-state index is 0.103. The molecule has 2 rings (SSSR count). The molecular formula is C12H18N4OS. The van der Waals surface area contributed by atoms with Gasteiger partial charge in [-0.25, -0.2) is 0 Å². The molecule has 2 aromatic heterocycles. The van der Waals surface area contributed by atoms with E-state index in [0.717, 1.165) is 29.5 Å². The molecule has 0 bridgehead atoms. The maximum atomic E-state index is 9.28. The van der Waals surface area contributed by atoms with Gasteiger partial charge in [0.1, 0.15) is 0 Å². The van der Waals surface area contributed by atoms with Gasteiger partial charge in [-0.1, -0.05) is 24.8 Å². The average Bonchev–Trinajstić information content (AvgIpc) is 2.82. The maximum Gasteiger partial charge on any atom is 0.195 e. The molecule has 0 radical (unpaired) electrons. The van der Waals surface area contributed by atoms with Crippen LogP contribution in [-0.2, 0) is 0 Å².